The number of rotatable bonds is 7. The Morgan fingerprint density at radius 2 is 1.95 bits per heavy atom. The van der Waals surface area contributed by atoms with E-state index in [1.54, 1.807) is 0 Å². The van der Waals surface area contributed by atoms with Gasteiger partial charge in [-0.25, -0.2) is 4.79 Å². The van der Waals surface area contributed by atoms with Crippen LogP contribution in [0.5, 0.6) is 0 Å². The molecule has 0 saturated heterocycles. The van der Waals surface area contributed by atoms with E-state index in [0.717, 1.165) is 16.5 Å². The van der Waals surface area contributed by atoms with Gasteiger partial charge in [-0.1, -0.05) is 28.1 Å². The Hall–Kier alpha value is -1.56. The molecule has 104 valence electrons. The topological polar surface area (TPSA) is 78.4 Å². The van der Waals surface area contributed by atoms with E-state index in [2.05, 4.69) is 26.6 Å². The van der Waals surface area contributed by atoms with E-state index in [1.807, 2.05) is 24.3 Å². The molecule has 1 aromatic carbocycles. The normalized spacial score (nSPS) is 9.95. The summed E-state index contributed by atoms with van der Waals surface area (Å²) in [7, 11) is 0. The van der Waals surface area contributed by atoms with Crippen LogP contribution in [-0.2, 0) is 11.2 Å². The van der Waals surface area contributed by atoms with Crippen molar-refractivity contribution in [3.05, 3.63) is 34.3 Å². The van der Waals surface area contributed by atoms with Crippen LogP contribution in [0.25, 0.3) is 0 Å². The van der Waals surface area contributed by atoms with Gasteiger partial charge >= 0.3 is 12.0 Å². The Bertz CT molecular complexity index is 438. The minimum Gasteiger partial charge on any atom is -0.481 e. The summed E-state index contributed by atoms with van der Waals surface area (Å²) >= 11 is 3.39. The van der Waals surface area contributed by atoms with Crippen LogP contribution >= 0.6 is 15.9 Å². The fraction of sp³-hybridized carbons (Fsp3) is 0.385. The zero-order chi connectivity index (χ0) is 14.1. The largest absolute Gasteiger partial charge is 0.481 e. The van der Waals surface area contributed by atoms with Crippen LogP contribution in [0.4, 0.5) is 4.79 Å². The first-order valence-electron chi connectivity index (χ1n) is 6.06. The van der Waals surface area contributed by atoms with Crippen molar-refractivity contribution in [2.24, 2.45) is 0 Å². The SMILES string of the molecule is O=C(O)CCCNC(=O)NCCc1cccc(Br)c1. The van der Waals surface area contributed by atoms with E-state index in [4.69, 9.17) is 5.11 Å². The minimum absolute atomic E-state index is 0.0678. The van der Waals surface area contributed by atoms with Gasteiger partial charge in [-0.05, 0) is 30.5 Å². The van der Waals surface area contributed by atoms with Crippen molar-refractivity contribution in [2.75, 3.05) is 13.1 Å². The van der Waals surface area contributed by atoms with E-state index < -0.39 is 5.97 Å². The van der Waals surface area contributed by atoms with Crippen LogP contribution in [0.2, 0.25) is 0 Å². The predicted octanol–water partition coefficient (Wildman–Crippen LogP) is 2.16. The highest BCUT2D eigenvalue weighted by Crippen LogP contribution is 2.11. The molecule has 19 heavy (non-hydrogen) atoms. The maximum atomic E-state index is 11.4. The lowest BCUT2D eigenvalue weighted by atomic mass is 10.1. The van der Waals surface area contributed by atoms with Gasteiger partial charge in [-0.15, -0.1) is 0 Å². The van der Waals surface area contributed by atoms with Crippen molar-refractivity contribution >= 4 is 27.9 Å². The lowest BCUT2D eigenvalue weighted by Gasteiger charge is -2.07. The van der Waals surface area contributed by atoms with Gasteiger partial charge in [0.1, 0.15) is 0 Å². The molecule has 1 aromatic rings. The maximum absolute atomic E-state index is 11.4. The van der Waals surface area contributed by atoms with Crippen LogP contribution in [0.15, 0.2) is 28.7 Å². The van der Waals surface area contributed by atoms with Crippen molar-refractivity contribution in [2.45, 2.75) is 19.3 Å². The Labute approximate surface area is 120 Å². The van der Waals surface area contributed by atoms with E-state index in [1.165, 1.54) is 0 Å². The highest BCUT2D eigenvalue weighted by molar-refractivity contribution is 9.10. The molecular weight excluding hydrogens is 312 g/mol. The van der Waals surface area contributed by atoms with Gasteiger partial charge in [0.05, 0.1) is 0 Å². The number of amides is 2. The second kappa shape index (κ2) is 8.53. The molecule has 0 radical (unpaired) electrons. The molecule has 0 unspecified atom stereocenters. The van der Waals surface area contributed by atoms with Gasteiger partial charge in [-0.3, -0.25) is 4.79 Å². The van der Waals surface area contributed by atoms with Crippen molar-refractivity contribution in [1.29, 1.82) is 0 Å². The molecule has 0 bridgehead atoms. The first kappa shape index (κ1) is 15.5. The number of urea groups is 1. The van der Waals surface area contributed by atoms with Gasteiger partial charge in [0.25, 0.3) is 0 Å². The second-order valence-corrected chi connectivity index (χ2v) is 4.98. The number of benzene rings is 1. The zero-order valence-electron chi connectivity index (χ0n) is 10.5. The molecule has 0 heterocycles. The fourth-order valence-corrected chi connectivity index (χ4v) is 1.96. The molecule has 5 nitrogen and oxygen atoms in total. The summed E-state index contributed by atoms with van der Waals surface area (Å²) in [5.74, 6) is -0.850. The fourth-order valence-electron chi connectivity index (χ4n) is 1.52. The number of carbonyl (C=O) groups excluding carboxylic acids is 1. The number of halogens is 1. The second-order valence-electron chi connectivity index (χ2n) is 4.06. The molecule has 0 saturated carbocycles. The number of carboxylic acids is 1. The average molecular weight is 329 g/mol. The molecule has 0 aliphatic heterocycles. The summed E-state index contributed by atoms with van der Waals surface area (Å²) in [6.07, 6.45) is 1.26. The van der Waals surface area contributed by atoms with Crippen molar-refractivity contribution in [3.63, 3.8) is 0 Å². The van der Waals surface area contributed by atoms with Crippen molar-refractivity contribution < 1.29 is 14.7 Å². The molecule has 0 aromatic heterocycles. The summed E-state index contributed by atoms with van der Waals surface area (Å²) in [5, 5.41) is 13.8. The number of carbonyl (C=O) groups is 2. The first-order valence-corrected chi connectivity index (χ1v) is 6.85. The van der Waals surface area contributed by atoms with Crippen LogP contribution in [-0.4, -0.2) is 30.2 Å². The highest BCUT2D eigenvalue weighted by Gasteiger charge is 2.01. The lowest BCUT2D eigenvalue weighted by Crippen LogP contribution is -2.37. The van der Waals surface area contributed by atoms with Gasteiger partial charge in [0.2, 0.25) is 0 Å². The quantitative estimate of drug-likeness (QED) is 0.671. The highest BCUT2D eigenvalue weighted by atomic mass is 79.9. The van der Waals surface area contributed by atoms with Crippen molar-refractivity contribution in [1.82, 2.24) is 10.6 Å². The maximum Gasteiger partial charge on any atom is 0.314 e. The number of carboxylic acid groups (broad SMARTS) is 1. The molecular formula is C13H17BrN2O3. The Kier molecular flexibility index (Phi) is 6.95. The summed E-state index contributed by atoms with van der Waals surface area (Å²) in [4.78, 5) is 21.6. The van der Waals surface area contributed by atoms with E-state index in [0.29, 0.717) is 19.5 Å². The Morgan fingerprint density at radius 3 is 2.63 bits per heavy atom. The molecule has 0 aliphatic carbocycles. The number of hydrogen-bond acceptors (Lipinski definition) is 2. The number of nitrogens with one attached hydrogen (secondary N) is 2. The Morgan fingerprint density at radius 1 is 1.21 bits per heavy atom. The van der Waals surface area contributed by atoms with Crippen LogP contribution in [0.3, 0.4) is 0 Å². The molecule has 0 atom stereocenters. The van der Waals surface area contributed by atoms with Crippen LogP contribution in [0.1, 0.15) is 18.4 Å². The van der Waals surface area contributed by atoms with Crippen LogP contribution in [0, 0.1) is 0 Å². The monoisotopic (exact) mass is 328 g/mol. The molecule has 0 aliphatic rings. The summed E-state index contributed by atoms with van der Waals surface area (Å²) in [6.45, 7) is 0.913. The van der Waals surface area contributed by atoms with Crippen molar-refractivity contribution in [3.8, 4) is 0 Å². The Balaban J connectivity index is 2.12. The molecule has 0 fully saturated rings. The standard InChI is InChI=1S/C13H17BrN2O3/c14-11-4-1-3-10(9-11)6-8-16-13(19)15-7-2-5-12(17)18/h1,3-4,9H,2,5-8H2,(H,17,18)(H2,15,16,19). The molecule has 2 amide bonds. The third kappa shape index (κ3) is 7.46. The van der Waals surface area contributed by atoms with E-state index in [-0.39, 0.29) is 12.5 Å². The first-order chi connectivity index (χ1) is 9.08. The van der Waals surface area contributed by atoms with Gasteiger partial charge in [0, 0.05) is 24.0 Å². The molecule has 0 spiro atoms. The smallest absolute Gasteiger partial charge is 0.314 e. The predicted molar refractivity (Wildman–Crippen MR) is 76.1 cm³/mol. The minimum atomic E-state index is -0.850. The van der Waals surface area contributed by atoms with Gasteiger partial charge in [-0.2, -0.15) is 0 Å². The summed E-state index contributed by atoms with van der Waals surface area (Å²) in [5.41, 5.74) is 1.14. The van der Waals surface area contributed by atoms with E-state index >= 15 is 0 Å². The molecule has 1 rings (SSSR count). The third-order valence-electron chi connectivity index (χ3n) is 2.44. The molecule has 6 heteroatoms. The zero-order valence-corrected chi connectivity index (χ0v) is 12.1. The summed E-state index contributed by atoms with van der Waals surface area (Å²) < 4.78 is 1.02. The van der Waals surface area contributed by atoms with E-state index in [9.17, 15) is 9.59 Å². The number of aliphatic carboxylic acids is 1. The van der Waals surface area contributed by atoms with Gasteiger partial charge in [0.15, 0.2) is 0 Å². The third-order valence-corrected chi connectivity index (χ3v) is 2.93. The summed E-state index contributed by atoms with van der Waals surface area (Å²) in [6, 6.07) is 7.64. The average Bonchev–Trinajstić information content (AvgIpc) is 2.34. The lowest BCUT2D eigenvalue weighted by molar-refractivity contribution is -0.137. The molecule has 3 N–H and O–H groups in total. The van der Waals surface area contributed by atoms with Gasteiger partial charge < -0.3 is 15.7 Å². The number of hydrogen-bond donors (Lipinski definition) is 3. The van der Waals surface area contributed by atoms with Crippen LogP contribution < -0.4 is 10.6 Å².